The van der Waals surface area contributed by atoms with Crippen LogP contribution in [0.4, 0.5) is 23.2 Å². The summed E-state index contributed by atoms with van der Waals surface area (Å²) in [5, 5.41) is 8.44. The Labute approximate surface area is 261 Å². The number of carbonyl (C=O) groups excluding carboxylic acids is 2. The molecule has 2 heterocycles. The van der Waals surface area contributed by atoms with Crippen molar-refractivity contribution in [1.82, 2.24) is 15.6 Å². The summed E-state index contributed by atoms with van der Waals surface area (Å²) in [6.45, 7) is 2.20. The number of rotatable bonds is 10. The first-order chi connectivity index (χ1) is 22.1. The molecule has 0 radical (unpaired) electrons. The average molecular weight is 643 g/mol. The van der Waals surface area contributed by atoms with E-state index in [4.69, 9.17) is 14.2 Å². The minimum absolute atomic E-state index is 0.0256. The van der Waals surface area contributed by atoms with Crippen molar-refractivity contribution >= 4 is 28.4 Å². The Balaban J connectivity index is 1.21. The van der Waals surface area contributed by atoms with Crippen molar-refractivity contribution in [2.24, 2.45) is 5.92 Å². The highest BCUT2D eigenvalue weighted by molar-refractivity contribution is 6.39. The van der Waals surface area contributed by atoms with Gasteiger partial charge < -0.3 is 34.9 Å². The molecule has 242 valence electrons. The molecule has 1 fully saturated rings. The monoisotopic (exact) mass is 642 g/mol. The zero-order valence-electron chi connectivity index (χ0n) is 24.6. The quantitative estimate of drug-likeness (QED) is 0.149. The second-order valence-corrected chi connectivity index (χ2v) is 10.4. The number of ether oxygens (including phenoxy) is 4. The summed E-state index contributed by atoms with van der Waals surface area (Å²) in [5.41, 5.74) is 0.706. The topological polar surface area (TPSA) is 120 Å². The number of hydrogen-bond acceptors (Lipinski definition) is 8. The molecule has 1 aliphatic rings. The number of fused-ring (bicyclic) bond motifs is 1. The number of piperidine rings is 1. The molecule has 2 amide bonds. The fourth-order valence-corrected chi connectivity index (χ4v) is 4.89. The maximum Gasteiger partial charge on any atom is 0.573 e. The Morgan fingerprint density at radius 1 is 0.978 bits per heavy atom. The van der Waals surface area contributed by atoms with Gasteiger partial charge in [-0.15, -0.1) is 13.2 Å². The fraction of sp³-hybridized carbons (Fsp3) is 0.281. The van der Waals surface area contributed by atoms with Gasteiger partial charge in [-0.1, -0.05) is 12.1 Å². The molecule has 4 aromatic rings. The van der Waals surface area contributed by atoms with E-state index < -0.39 is 29.7 Å². The van der Waals surface area contributed by atoms with Gasteiger partial charge in [0.25, 0.3) is 0 Å². The Morgan fingerprint density at radius 3 is 2.50 bits per heavy atom. The number of aromatic nitrogens is 1. The van der Waals surface area contributed by atoms with Crippen LogP contribution in [0.15, 0.2) is 66.9 Å². The number of hydrogen-bond donors (Lipinski definition) is 3. The highest BCUT2D eigenvalue weighted by Crippen LogP contribution is 2.40. The SMILES string of the molecule is COc1c(OCC2CCNCC2)ccc2c(Oc3ccc(NC(=O)C(=O)NCc4cccc(OC(F)(F)F)c4)cc3F)ccnc12. The van der Waals surface area contributed by atoms with Crippen LogP contribution in [0.2, 0.25) is 0 Å². The highest BCUT2D eigenvalue weighted by atomic mass is 19.4. The molecule has 0 atom stereocenters. The molecular formula is C32H30F4N4O6. The fourth-order valence-electron chi connectivity index (χ4n) is 4.89. The molecule has 1 aliphatic heterocycles. The first kappa shape index (κ1) is 32.3. The van der Waals surface area contributed by atoms with Crippen LogP contribution >= 0.6 is 0 Å². The smallest absolute Gasteiger partial charge is 0.491 e. The lowest BCUT2D eigenvalue weighted by Crippen LogP contribution is -2.35. The van der Waals surface area contributed by atoms with E-state index in [0.29, 0.717) is 40.7 Å². The van der Waals surface area contributed by atoms with E-state index in [-0.39, 0.29) is 23.5 Å². The number of halogens is 4. The molecule has 0 aliphatic carbocycles. The van der Waals surface area contributed by atoms with Crippen LogP contribution < -0.4 is 34.9 Å². The normalized spacial score (nSPS) is 13.6. The largest absolute Gasteiger partial charge is 0.573 e. The molecule has 0 saturated carbocycles. The first-order valence-electron chi connectivity index (χ1n) is 14.3. The standard InChI is InChI=1S/C32H30F4N4O6/c1-43-29-27(44-18-19-9-12-37-13-10-19)8-6-23-25(11-14-38-28(23)29)45-26-7-5-21(16-24(26)33)40-31(42)30(41)39-17-20-3-2-4-22(15-20)46-32(34,35)36/h2-8,11,14-16,19,37H,9-10,12-13,17-18H2,1H3,(H,39,41)(H,40,42). The first-order valence-corrected chi connectivity index (χ1v) is 14.3. The maximum atomic E-state index is 15.1. The zero-order valence-corrected chi connectivity index (χ0v) is 24.6. The summed E-state index contributed by atoms with van der Waals surface area (Å²) in [5.74, 6) is -1.94. The van der Waals surface area contributed by atoms with Gasteiger partial charge >= 0.3 is 18.2 Å². The van der Waals surface area contributed by atoms with Crippen LogP contribution in [0.25, 0.3) is 10.9 Å². The summed E-state index contributed by atoms with van der Waals surface area (Å²) in [6, 6.07) is 13.6. The Hall–Kier alpha value is -5.11. The Kier molecular flexibility index (Phi) is 10.1. The van der Waals surface area contributed by atoms with E-state index in [1.807, 2.05) is 0 Å². The summed E-state index contributed by atoms with van der Waals surface area (Å²) in [6.07, 6.45) is -1.32. The molecule has 10 nitrogen and oxygen atoms in total. The number of methoxy groups -OCH3 is 1. The van der Waals surface area contributed by atoms with E-state index in [1.165, 1.54) is 37.6 Å². The van der Waals surface area contributed by atoms with Crippen molar-refractivity contribution < 1.29 is 46.1 Å². The minimum Gasteiger partial charge on any atom is -0.491 e. The van der Waals surface area contributed by atoms with E-state index in [1.54, 1.807) is 18.2 Å². The maximum absolute atomic E-state index is 15.1. The number of anilines is 1. The van der Waals surface area contributed by atoms with Crippen molar-refractivity contribution in [2.45, 2.75) is 25.7 Å². The molecular weight excluding hydrogens is 612 g/mol. The number of carbonyl (C=O) groups is 2. The van der Waals surface area contributed by atoms with Gasteiger partial charge in [-0.3, -0.25) is 14.6 Å². The van der Waals surface area contributed by atoms with E-state index in [2.05, 4.69) is 25.7 Å². The number of nitrogens with zero attached hydrogens (tertiary/aromatic N) is 1. The summed E-state index contributed by atoms with van der Waals surface area (Å²) >= 11 is 0. The van der Waals surface area contributed by atoms with E-state index in [0.717, 1.165) is 44.1 Å². The third-order valence-electron chi connectivity index (χ3n) is 7.13. The highest BCUT2D eigenvalue weighted by Gasteiger charge is 2.31. The van der Waals surface area contributed by atoms with Crippen molar-refractivity contribution in [3.63, 3.8) is 0 Å². The minimum atomic E-state index is -4.87. The lowest BCUT2D eigenvalue weighted by atomic mass is 9.99. The summed E-state index contributed by atoms with van der Waals surface area (Å²) in [4.78, 5) is 29.1. The predicted octanol–water partition coefficient (Wildman–Crippen LogP) is 5.71. The van der Waals surface area contributed by atoms with Crippen LogP contribution in [0, 0.1) is 11.7 Å². The third-order valence-corrected chi connectivity index (χ3v) is 7.13. The number of pyridine rings is 1. The Bertz CT molecular complexity index is 1710. The van der Waals surface area contributed by atoms with Crippen molar-refractivity contribution in [3.8, 4) is 28.7 Å². The molecule has 0 spiro atoms. The van der Waals surface area contributed by atoms with Crippen LogP contribution in [0.3, 0.4) is 0 Å². The molecule has 0 bridgehead atoms. The van der Waals surface area contributed by atoms with Gasteiger partial charge in [-0.2, -0.15) is 0 Å². The van der Waals surface area contributed by atoms with Gasteiger partial charge in [0.15, 0.2) is 23.1 Å². The molecule has 14 heteroatoms. The second-order valence-electron chi connectivity index (χ2n) is 10.4. The molecule has 46 heavy (non-hydrogen) atoms. The van der Waals surface area contributed by atoms with Crippen LogP contribution in [0.5, 0.6) is 28.7 Å². The number of benzene rings is 3. The van der Waals surface area contributed by atoms with Gasteiger partial charge in [0, 0.05) is 29.9 Å². The van der Waals surface area contributed by atoms with Gasteiger partial charge in [0.1, 0.15) is 17.0 Å². The molecule has 0 unspecified atom stereocenters. The molecule has 1 aromatic heterocycles. The molecule has 3 N–H and O–H groups in total. The van der Waals surface area contributed by atoms with E-state index in [9.17, 15) is 22.8 Å². The zero-order chi connectivity index (χ0) is 32.7. The van der Waals surface area contributed by atoms with Gasteiger partial charge in [0.2, 0.25) is 0 Å². The molecule has 1 saturated heterocycles. The lowest BCUT2D eigenvalue weighted by molar-refractivity contribution is -0.274. The number of alkyl halides is 3. The van der Waals surface area contributed by atoms with Crippen molar-refractivity contribution in [3.05, 3.63) is 78.2 Å². The molecule has 3 aromatic carbocycles. The average Bonchev–Trinajstić information content (AvgIpc) is 3.03. The van der Waals surface area contributed by atoms with Crippen LogP contribution in [0.1, 0.15) is 18.4 Å². The molecule has 5 rings (SSSR count). The lowest BCUT2D eigenvalue weighted by Gasteiger charge is -2.23. The third kappa shape index (κ3) is 8.33. The Morgan fingerprint density at radius 2 is 1.76 bits per heavy atom. The van der Waals surface area contributed by atoms with Gasteiger partial charge in [0.05, 0.1) is 13.7 Å². The van der Waals surface area contributed by atoms with E-state index >= 15 is 4.39 Å². The van der Waals surface area contributed by atoms with Crippen LogP contribution in [-0.4, -0.2) is 50.0 Å². The van der Waals surface area contributed by atoms with Crippen molar-refractivity contribution in [1.29, 1.82) is 0 Å². The number of nitrogens with one attached hydrogen (secondary N) is 3. The van der Waals surface area contributed by atoms with Crippen LogP contribution in [-0.2, 0) is 16.1 Å². The number of amides is 2. The van der Waals surface area contributed by atoms with Gasteiger partial charge in [-0.25, -0.2) is 4.39 Å². The summed E-state index contributed by atoms with van der Waals surface area (Å²) in [7, 11) is 1.51. The second kappa shape index (κ2) is 14.3. The predicted molar refractivity (Wildman–Crippen MR) is 159 cm³/mol. The van der Waals surface area contributed by atoms with Crippen molar-refractivity contribution in [2.75, 3.05) is 32.1 Å². The summed E-state index contributed by atoms with van der Waals surface area (Å²) < 4.78 is 73.8. The van der Waals surface area contributed by atoms with Gasteiger partial charge in [-0.05, 0) is 79.9 Å².